The van der Waals surface area contributed by atoms with Crippen LogP contribution in [0.5, 0.6) is 0 Å². The van der Waals surface area contributed by atoms with Gasteiger partial charge in [-0.3, -0.25) is 0 Å². The third-order valence-corrected chi connectivity index (χ3v) is 3.62. The molecule has 1 aromatic carbocycles. The summed E-state index contributed by atoms with van der Waals surface area (Å²) in [6, 6.07) is 6.72. The van der Waals surface area contributed by atoms with Crippen LogP contribution in [-0.2, 0) is 6.54 Å². The van der Waals surface area contributed by atoms with Gasteiger partial charge in [0.25, 0.3) is 0 Å². The van der Waals surface area contributed by atoms with E-state index in [1.807, 2.05) is 0 Å². The zero-order valence-corrected chi connectivity index (χ0v) is 12.4. The molecule has 0 bridgehead atoms. The van der Waals surface area contributed by atoms with E-state index < -0.39 is 0 Å². The van der Waals surface area contributed by atoms with E-state index in [9.17, 15) is 0 Å². The summed E-state index contributed by atoms with van der Waals surface area (Å²) in [6.07, 6.45) is 1.23. The van der Waals surface area contributed by atoms with Gasteiger partial charge >= 0.3 is 0 Å². The highest BCUT2D eigenvalue weighted by Crippen LogP contribution is 2.09. The van der Waals surface area contributed by atoms with Crippen LogP contribution >= 0.6 is 0 Å². The first kappa shape index (κ1) is 15.2. The Morgan fingerprint density at radius 3 is 2.39 bits per heavy atom. The molecule has 0 atom stereocenters. The van der Waals surface area contributed by atoms with Crippen molar-refractivity contribution in [1.82, 2.24) is 10.2 Å². The summed E-state index contributed by atoms with van der Waals surface area (Å²) in [7, 11) is 0. The van der Waals surface area contributed by atoms with Gasteiger partial charge in [-0.15, -0.1) is 0 Å². The summed E-state index contributed by atoms with van der Waals surface area (Å²) >= 11 is 0. The molecule has 18 heavy (non-hydrogen) atoms. The first-order chi connectivity index (χ1) is 8.67. The van der Waals surface area contributed by atoms with E-state index in [-0.39, 0.29) is 0 Å². The standard InChI is InChI=1S/C16H28N2/c1-5-18(6-2)11-7-10-17-13-16-9-8-14(3)15(4)12-16/h8-9,12,17H,5-7,10-11,13H2,1-4H3. The highest BCUT2D eigenvalue weighted by atomic mass is 15.1. The van der Waals surface area contributed by atoms with Crippen molar-refractivity contribution in [3.63, 3.8) is 0 Å². The predicted octanol–water partition coefficient (Wildman–Crippen LogP) is 3.12. The Morgan fingerprint density at radius 1 is 1.06 bits per heavy atom. The van der Waals surface area contributed by atoms with Crippen LogP contribution in [0.4, 0.5) is 0 Å². The lowest BCUT2D eigenvalue weighted by Crippen LogP contribution is -2.27. The minimum Gasteiger partial charge on any atom is -0.313 e. The van der Waals surface area contributed by atoms with Gasteiger partial charge in [-0.1, -0.05) is 32.0 Å². The van der Waals surface area contributed by atoms with Gasteiger partial charge in [0, 0.05) is 6.54 Å². The molecule has 102 valence electrons. The van der Waals surface area contributed by atoms with E-state index >= 15 is 0 Å². The van der Waals surface area contributed by atoms with Crippen molar-refractivity contribution < 1.29 is 0 Å². The average Bonchev–Trinajstić information content (AvgIpc) is 2.38. The molecule has 1 rings (SSSR count). The molecule has 0 radical (unpaired) electrons. The van der Waals surface area contributed by atoms with E-state index in [4.69, 9.17) is 0 Å². The Hall–Kier alpha value is -0.860. The van der Waals surface area contributed by atoms with Gasteiger partial charge in [0.2, 0.25) is 0 Å². The maximum absolute atomic E-state index is 3.53. The Morgan fingerprint density at radius 2 is 1.78 bits per heavy atom. The summed E-state index contributed by atoms with van der Waals surface area (Å²) in [6.45, 7) is 14.4. The van der Waals surface area contributed by atoms with Crippen molar-refractivity contribution in [2.24, 2.45) is 0 Å². The van der Waals surface area contributed by atoms with Gasteiger partial charge in [0.1, 0.15) is 0 Å². The largest absolute Gasteiger partial charge is 0.313 e. The Labute approximate surface area is 112 Å². The maximum atomic E-state index is 3.53. The molecule has 0 unspecified atom stereocenters. The molecule has 0 spiro atoms. The Balaban J connectivity index is 2.19. The molecular weight excluding hydrogens is 220 g/mol. The number of hydrogen-bond acceptors (Lipinski definition) is 2. The Bertz CT molecular complexity index is 343. The van der Waals surface area contributed by atoms with Crippen molar-refractivity contribution in [3.05, 3.63) is 34.9 Å². The van der Waals surface area contributed by atoms with Crippen LogP contribution in [-0.4, -0.2) is 31.1 Å². The zero-order valence-electron chi connectivity index (χ0n) is 12.4. The lowest BCUT2D eigenvalue weighted by atomic mass is 10.1. The van der Waals surface area contributed by atoms with Crippen molar-refractivity contribution in [3.8, 4) is 0 Å². The second-order valence-electron chi connectivity index (χ2n) is 4.98. The summed E-state index contributed by atoms with van der Waals surface area (Å²) in [4.78, 5) is 2.47. The fraction of sp³-hybridized carbons (Fsp3) is 0.625. The molecule has 0 saturated carbocycles. The lowest BCUT2D eigenvalue weighted by molar-refractivity contribution is 0.298. The average molecular weight is 248 g/mol. The first-order valence-electron chi connectivity index (χ1n) is 7.16. The molecule has 0 aromatic heterocycles. The van der Waals surface area contributed by atoms with E-state index in [1.165, 1.54) is 29.7 Å². The molecule has 0 saturated heterocycles. The number of aryl methyl sites for hydroxylation is 2. The second kappa shape index (κ2) is 8.28. The first-order valence-corrected chi connectivity index (χ1v) is 7.16. The van der Waals surface area contributed by atoms with Crippen LogP contribution in [0.15, 0.2) is 18.2 Å². The molecule has 1 aromatic rings. The summed E-state index contributed by atoms with van der Waals surface area (Å²) in [5.74, 6) is 0. The molecule has 2 heteroatoms. The van der Waals surface area contributed by atoms with Gasteiger partial charge in [-0.05, 0) is 63.1 Å². The fourth-order valence-corrected chi connectivity index (χ4v) is 2.11. The summed E-state index contributed by atoms with van der Waals surface area (Å²) in [5.41, 5.74) is 4.15. The van der Waals surface area contributed by atoms with Gasteiger partial charge < -0.3 is 10.2 Å². The molecule has 0 fully saturated rings. The van der Waals surface area contributed by atoms with Crippen molar-refractivity contribution in [2.45, 2.75) is 40.7 Å². The molecule has 2 nitrogen and oxygen atoms in total. The molecule has 0 amide bonds. The fourth-order valence-electron chi connectivity index (χ4n) is 2.11. The highest BCUT2D eigenvalue weighted by Gasteiger charge is 1.99. The predicted molar refractivity (Wildman–Crippen MR) is 80.0 cm³/mol. The third kappa shape index (κ3) is 5.19. The molecule has 0 heterocycles. The number of nitrogens with one attached hydrogen (secondary N) is 1. The molecule has 0 aliphatic rings. The second-order valence-corrected chi connectivity index (χ2v) is 4.98. The van der Waals surface area contributed by atoms with Crippen LogP contribution in [0, 0.1) is 13.8 Å². The van der Waals surface area contributed by atoms with Crippen LogP contribution in [0.3, 0.4) is 0 Å². The minimum absolute atomic E-state index is 0.985. The van der Waals surface area contributed by atoms with Crippen LogP contribution < -0.4 is 5.32 Å². The normalized spacial score (nSPS) is 11.2. The lowest BCUT2D eigenvalue weighted by Gasteiger charge is -2.17. The van der Waals surface area contributed by atoms with Crippen molar-refractivity contribution >= 4 is 0 Å². The van der Waals surface area contributed by atoms with Gasteiger partial charge in [-0.25, -0.2) is 0 Å². The molecular formula is C16H28N2. The third-order valence-electron chi connectivity index (χ3n) is 3.62. The van der Waals surface area contributed by atoms with Crippen LogP contribution in [0.1, 0.15) is 37.0 Å². The minimum atomic E-state index is 0.985. The smallest absolute Gasteiger partial charge is 0.0205 e. The number of benzene rings is 1. The summed E-state index contributed by atoms with van der Waals surface area (Å²) < 4.78 is 0. The monoisotopic (exact) mass is 248 g/mol. The van der Waals surface area contributed by atoms with Crippen LogP contribution in [0.25, 0.3) is 0 Å². The quantitative estimate of drug-likeness (QED) is 0.711. The molecule has 0 aliphatic heterocycles. The highest BCUT2D eigenvalue weighted by molar-refractivity contribution is 5.29. The number of nitrogens with zero attached hydrogens (tertiary/aromatic N) is 1. The van der Waals surface area contributed by atoms with Crippen molar-refractivity contribution in [2.75, 3.05) is 26.2 Å². The zero-order chi connectivity index (χ0) is 13.4. The van der Waals surface area contributed by atoms with E-state index in [0.29, 0.717) is 0 Å². The van der Waals surface area contributed by atoms with Crippen LogP contribution in [0.2, 0.25) is 0 Å². The van der Waals surface area contributed by atoms with E-state index in [2.05, 4.69) is 56.1 Å². The molecule has 1 N–H and O–H groups in total. The van der Waals surface area contributed by atoms with Gasteiger partial charge in [-0.2, -0.15) is 0 Å². The molecule has 0 aliphatic carbocycles. The van der Waals surface area contributed by atoms with Gasteiger partial charge in [0.15, 0.2) is 0 Å². The van der Waals surface area contributed by atoms with E-state index in [1.54, 1.807) is 0 Å². The number of hydrogen-bond donors (Lipinski definition) is 1. The maximum Gasteiger partial charge on any atom is 0.0205 e. The summed E-state index contributed by atoms with van der Waals surface area (Å²) in [5, 5.41) is 3.53. The van der Waals surface area contributed by atoms with Crippen molar-refractivity contribution in [1.29, 1.82) is 0 Å². The SMILES string of the molecule is CCN(CC)CCCNCc1ccc(C)c(C)c1. The van der Waals surface area contributed by atoms with Gasteiger partial charge in [0.05, 0.1) is 0 Å². The Kier molecular flexibility index (Phi) is 6.99. The van der Waals surface area contributed by atoms with E-state index in [0.717, 1.165) is 26.2 Å². The topological polar surface area (TPSA) is 15.3 Å². The number of rotatable bonds is 8.